The Hall–Kier alpha value is -2.36. The van der Waals surface area contributed by atoms with Crippen molar-refractivity contribution in [3.8, 4) is 0 Å². The summed E-state index contributed by atoms with van der Waals surface area (Å²) >= 11 is 0. The number of nitrogens with zero attached hydrogens (tertiary/aromatic N) is 2. The summed E-state index contributed by atoms with van der Waals surface area (Å²) in [6, 6.07) is 8.23. The molecule has 3 rings (SSSR count). The summed E-state index contributed by atoms with van der Waals surface area (Å²) in [6.45, 7) is 5.87. The van der Waals surface area contributed by atoms with Gasteiger partial charge in [-0.25, -0.2) is 0 Å². The first kappa shape index (κ1) is 16.5. The Morgan fingerprint density at radius 2 is 1.58 bits per heavy atom. The highest BCUT2D eigenvalue weighted by atomic mass is 16.2. The summed E-state index contributed by atoms with van der Waals surface area (Å²) < 4.78 is 0. The van der Waals surface area contributed by atoms with Crippen molar-refractivity contribution >= 4 is 17.3 Å². The zero-order valence-corrected chi connectivity index (χ0v) is 14.5. The van der Waals surface area contributed by atoms with Gasteiger partial charge in [-0.05, 0) is 56.0 Å². The molecular weight excluding hydrogens is 298 g/mol. The van der Waals surface area contributed by atoms with E-state index in [1.807, 2.05) is 11.0 Å². The number of aromatic nitrogens is 1. The highest BCUT2D eigenvalue weighted by Gasteiger charge is 2.17. The van der Waals surface area contributed by atoms with Gasteiger partial charge in [0.2, 0.25) is 0 Å². The van der Waals surface area contributed by atoms with E-state index >= 15 is 0 Å². The smallest absolute Gasteiger partial charge is 0.255 e. The summed E-state index contributed by atoms with van der Waals surface area (Å²) in [5.74, 6) is 0.0912. The van der Waals surface area contributed by atoms with Gasteiger partial charge in [0, 0.05) is 25.0 Å². The second-order valence-electron chi connectivity index (χ2n) is 6.67. The van der Waals surface area contributed by atoms with Gasteiger partial charge >= 0.3 is 0 Å². The Kier molecular flexibility index (Phi) is 5.14. The van der Waals surface area contributed by atoms with Crippen molar-refractivity contribution in [1.82, 2.24) is 9.88 Å². The van der Waals surface area contributed by atoms with Crippen molar-refractivity contribution in [2.24, 2.45) is 0 Å². The predicted octanol–water partition coefficient (Wildman–Crippen LogP) is 4.46. The average molecular weight is 323 g/mol. The minimum Gasteiger partial charge on any atom is -0.354 e. The molecule has 1 fully saturated rings. The molecule has 126 valence electrons. The molecule has 1 saturated heterocycles. The first-order valence-corrected chi connectivity index (χ1v) is 8.71. The van der Waals surface area contributed by atoms with Gasteiger partial charge < -0.3 is 10.2 Å². The number of hydrogen-bond acceptors (Lipinski definition) is 3. The fraction of sp³-hybridized carbons (Fsp3) is 0.400. The number of benzene rings is 1. The highest BCUT2D eigenvalue weighted by molar-refractivity contribution is 5.95. The molecule has 0 bridgehead atoms. The SMILES string of the molecule is Cc1cc(C)cc(Nc2cncc(C(=O)N3CCCCCC3)c2)c1. The van der Waals surface area contributed by atoms with Crippen molar-refractivity contribution < 1.29 is 4.79 Å². The third-order valence-corrected chi connectivity index (χ3v) is 4.39. The molecule has 0 atom stereocenters. The normalized spacial score (nSPS) is 15.0. The number of nitrogens with one attached hydrogen (secondary N) is 1. The van der Waals surface area contributed by atoms with Crippen molar-refractivity contribution in [2.75, 3.05) is 18.4 Å². The second-order valence-corrected chi connectivity index (χ2v) is 6.67. The molecule has 1 aliphatic rings. The number of likely N-dealkylation sites (tertiary alicyclic amines) is 1. The maximum atomic E-state index is 12.7. The topological polar surface area (TPSA) is 45.2 Å². The first-order valence-electron chi connectivity index (χ1n) is 8.71. The number of anilines is 2. The number of pyridine rings is 1. The summed E-state index contributed by atoms with van der Waals surface area (Å²) in [7, 11) is 0. The summed E-state index contributed by atoms with van der Waals surface area (Å²) in [4.78, 5) is 18.9. The van der Waals surface area contributed by atoms with E-state index < -0.39 is 0 Å². The van der Waals surface area contributed by atoms with E-state index in [1.54, 1.807) is 12.4 Å². The number of carbonyl (C=O) groups is 1. The van der Waals surface area contributed by atoms with Crippen molar-refractivity contribution in [3.05, 3.63) is 53.3 Å². The van der Waals surface area contributed by atoms with Crippen LogP contribution in [0.15, 0.2) is 36.7 Å². The first-order chi connectivity index (χ1) is 11.6. The van der Waals surface area contributed by atoms with E-state index in [0.717, 1.165) is 37.3 Å². The lowest BCUT2D eigenvalue weighted by Gasteiger charge is -2.20. The molecule has 1 N–H and O–H groups in total. The molecule has 24 heavy (non-hydrogen) atoms. The van der Waals surface area contributed by atoms with Gasteiger partial charge in [0.25, 0.3) is 5.91 Å². The molecule has 2 heterocycles. The van der Waals surface area contributed by atoms with Crippen LogP contribution in [0, 0.1) is 13.8 Å². The van der Waals surface area contributed by atoms with Gasteiger partial charge in [0.1, 0.15) is 0 Å². The Balaban J connectivity index is 1.77. The van der Waals surface area contributed by atoms with Gasteiger partial charge in [-0.2, -0.15) is 0 Å². The van der Waals surface area contributed by atoms with Gasteiger partial charge in [0.05, 0.1) is 17.4 Å². The highest BCUT2D eigenvalue weighted by Crippen LogP contribution is 2.21. The molecule has 0 saturated carbocycles. The Bertz CT molecular complexity index is 698. The molecule has 0 unspecified atom stereocenters. The largest absolute Gasteiger partial charge is 0.354 e. The van der Waals surface area contributed by atoms with Crippen LogP contribution < -0.4 is 5.32 Å². The average Bonchev–Trinajstić information content (AvgIpc) is 2.82. The fourth-order valence-electron chi connectivity index (χ4n) is 3.30. The standard InChI is InChI=1S/C20H25N3O/c1-15-9-16(2)11-18(10-15)22-19-12-17(13-21-14-19)20(24)23-7-5-3-4-6-8-23/h9-14,22H,3-8H2,1-2H3. The van der Waals surface area contributed by atoms with Crippen molar-refractivity contribution in [2.45, 2.75) is 39.5 Å². The molecule has 4 nitrogen and oxygen atoms in total. The number of carbonyl (C=O) groups excluding carboxylic acids is 1. The number of amides is 1. The zero-order chi connectivity index (χ0) is 16.9. The molecule has 1 aliphatic heterocycles. The zero-order valence-electron chi connectivity index (χ0n) is 14.5. The van der Waals surface area contributed by atoms with Crippen LogP contribution in [-0.4, -0.2) is 28.9 Å². The number of rotatable bonds is 3. The fourth-order valence-corrected chi connectivity index (χ4v) is 3.30. The van der Waals surface area contributed by atoms with Gasteiger partial charge in [0.15, 0.2) is 0 Å². The molecule has 0 aliphatic carbocycles. The Morgan fingerprint density at radius 1 is 0.917 bits per heavy atom. The Morgan fingerprint density at radius 3 is 2.25 bits per heavy atom. The molecule has 1 aromatic heterocycles. The molecule has 2 aromatic rings. The van der Waals surface area contributed by atoms with Crippen LogP contribution in [0.25, 0.3) is 0 Å². The maximum Gasteiger partial charge on any atom is 0.255 e. The van der Waals surface area contributed by atoms with E-state index in [9.17, 15) is 4.79 Å². The lowest BCUT2D eigenvalue weighted by molar-refractivity contribution is 0.0761. The van der Waals surface area contributed by atoms with Crippen molar-refractivity contribution in [1.29, 1.82) is 0 Å². The molecule has 4 heteroatoms. The van der Waals surface area contributed by atoms with Gasteiger partial charge in [-0.1, -0.05) is 18.9 Å². The van der Waals surface area contributed by atoms with Crippen LogP contribution in [0.4, 0.5) is 11.4 Å². The summed E-state index contributed by atoms with van der Waals surface area (Å²) in [6.07, 6.45) is 8.06. The van der Waals surface area contributed by atoms with E-state index in [0.29, 0.717) is 5.56 Å². The third kappa shape index (κ3) is 4.13. The number of hydrogen-bond donors (Lipinski definition) is 1. The summed E-state index contributed by atoms with van der Waals surface area (Å²) in [5, 5.41) is 3.36. The van der Waals surface area contributed by atoms with Crippen LogP contribution in [0.1, 0.15) is 47.2 Å². The number of aryl methyl sites for hydroxylation is 2. The predicted molar refractivity (Wildman–Crippen MR) is 97.8 cm³/mol. The molecule has 0 spiro atoms. The van der Waals surface area contributed by atoms with Crippen LogP contribution in [0.2, 0.25) is 0 Å². The lowest BCUT2D eigenvalue weighted by Crippen LogP contribution is -2.31. The maximum absolute atomic E-state index is 12.7. The van der Waals surface area contributed by atoms with Crippen LogP contribution in [0.3, 0.4) is 0 Å². The van der Waals surface area contributed by atoms with Crippen LogP contribution >= 0.6 is 0 Å². The Labute approximate surface area is 143 Å². The quantitative estimate of drug-likeness (QED) is 0.907. The minimum absolute atomic E-state index is 0.0912. The molecule has 0 radical (unpaired) electrons. The van der Waals surface area contributed by atoms with E-state index in [1.165, 1.54) is 24.0 Å². The van der Waals surface area contributed by atoms with E-state index in [-0.39, 0.29) is 5.91 Å². The van der Waals surface area contributed by atoms with Crippen LogP contribution in [-0.2, 0) is 0 Å². The van der Waals surface area contributed by atoms with E-state index in [4.69, 9.17) is 0 Å². The molecule has 1 amide bonds. The monoisotopic (exact) mass is 323 g/mol. The molecular formula is C20H25N3O. The second kappa shape index (κ2) is 7.47. The van der Waals surface area contributed by atoms with Gasteiger partial charge in [-0.3, -0.25) is 9.78 Å². The minimum atomic E-state index is 0.0912. The van der Waals surface area contributed by atoms with Gasteiger partial charge in [-0.15, -0.1) is 0 Å². The summed E-state index contributed by atoms with van der Waals surface area (Å²) in [5.41, 5.74) is 4.95. The van der Waals surface area contributed by atoms with Crippen LogP contribution in [0.5, 0.6) is 0 Å². The van der Waals surface area contributed by atoms with E-state index in [2.05, 4.69) is 42.3 Å². The lowest BCUT2D eigenvalue weighted by atomic mass is 10.1. The molecule has 1 aromatic carbocycles. The van der Waals surface area contributed by atoms with Crippen molar-refractivity contribution in [3.63, 3.8) is 0 Å². The third-order valence-electron chi connectivity index (χ3n) is 4.39.